The third-order valence-corrected chi connectivity index (χ3v) is 2.39. The standard InChI is InChI=1S/C15H22N2O3/c1-5-6-7-8-9-10-11-20-12(2)14(15(19)16-4)17-13(3)18/h12,14H,5-6,11H2,1-4H3,(H,16,19)(H,17,18)/t12-,14+/m1/s1. The second-order valence-corrected chi connectivity index (χ2v) is 4.16. The van der Waals surface area contributed by atoms with E-state index in [1.165, 1.54) is 14.0 Å². The summed E-state index contributed by atoms with van der Waals surface area (Å²) in [6.45, 7) is 5.27. The first-order valence-electron chi connectivity index (χ1n) is 6.58. The smallest absolute Gasteiger partial charge is 0.245 e. The summed E-state index contributed by atoms with van der Waals surface area (Å²) in [5, 5.41) is 5.03. The first kappa shape index (κ1) is 18.0. The van der Waals surface area contributed by atoms with Gasteiger partial charge in [-0.25, -0.2) is 0 Å². The maximum Gasteiger partial charge on any atom is 0.245 e. The highest BCUT2D eigenvalue weighted by molar-refractivity contribution is 5.87. The number of hydrogen-bond acceptors (Lipinski definition) is 3. The molecule has 110 valence electrons. The van der Waals surface area contributed by atoms with Gasteiger partial charge in [0.15, 0.2) is 0 Å². The van der Waals surface area contributed by atoms with Crippen LogP contribution < -0.4 is 10.6 Å². The van der Waals surface area contributed by atoms with Crippen molar-refractivity contribution in [3.8, 4) is 23.7 Å². The van der Waals surface area contributed by atoms with Crippen LogP contribution in [0.3, 0.4) is 0 Å². The maximum absolute atomic E-state index is 11.6. The predicted molar refractivity (Wildman–Crippen MR) is 77.5 cm³/mol. The van der Waals surface area contributed by atoms with Crippen LogP contribution in [0.2, 0.25) is 0 Å². The summed E-state index contributed by atoms with van der Waals surface area (Å²) < 4.78 is 5.42. The summed E-state index contributed by atoms with van der Waals surface area (Å²) in [6.07, 6.45) is 1.36. The molecule has 0 unspecified atom stereocenters. The van der Waals surface area contributed by atoms with Crippen molar-refractivity contribution in [1.82, 2.24) is 10.6 Å². The molecule has 2 amide bonds. The van der Waals surface area contributed by atoms with Crippen LogP contribution in [0.25, 0.3) is 0 Å². The van der Waals surface area contributed by atoms with E-state index in [4.69, 9.17) is 4.74 Å². The Bertz CT molecular complexity index is 438. The Morgan fingerprint density at radius 2 is 1.90 bits per heavy atom. The van der Waals surface area contributed by atoms with Gasteiger partial charge >= 0.3 is 0 Å². The van der Waals surface area contributed by atoms with Crippen LogP contribution in [-0.2, 0) is 14.3 Å². The molecular weight excluding hydrogens is 256 g/mol. The van der Waals surface area contributed by atoms with Crippen molar-refractivity contribution < 1.29 is 14.3 Å². The van der Waals surface area contributed by atoms with Crippen LogP contribution in [0, 0.1) is 23.7 Å². The Kier molecular flexibility index (Phi) is 9.82. The van der Waals surface area contributed by atoms with E-state index in [1.807, 2.05) is 6.92 Å². The van der Waals surface area contributed by atoms with Gasteiger partial charge in [0.05, 0.1) is 6.10 Å². The highest BCUT2D eigenvalue weighted by Crippen LogP contribution is 1.99. The number of amides is 2. The second kappa shape index (κ2) is 10.9. The molecule has 0 saturated carbocycles. The summed E-state index contributed by atoms with van der Waals surface area (Å²) >= 11 is 0. The molecule has 0 rings (SSSR count). The topological polar surface area (TPSA) is 67.4 Å². The molecular formula is C15H22N2O3. The van der Waals surface area contributed by atoms with E-state index in [0.29, 0.717) is 0 Å². The Morgan fingerprint density at radius 1 is 1.25 bits per heavy atom. The number of nitrogens with one attached hydrogen (secondary N) is 2. The van der Waals surface area contributed by atoms with Gasteiger partial charge in [0.2, 0.25) is 11.8 Å². The molecule has 0 fully saturated rings. The molecule has 0 radical (unpaired) electrons. The Morgan fingerprint density at radius 3 is 2.45 bits per heavy atom. The van der Waals surface area contributed by atoms with Crippen LogP contribution in [0.15, 0.2) is 0 Å². The summed E-state index contributed by atoms with van der Waals surface area (Å²) in [6, 6.07) is -0.731. The molecule has 0 aliphatic rings. The zero-order valence-electron chi connectivity index (χ0n) is 12.5. The van der Waals surface area contributed by atoms with E-state index >= 15 is 0 Å². The van der Waals surface area contributed by atoms with Crippen molar-refractivity contribution in [1.29, 1.82) is 0 Å². The Balaban J connectivity index is 4.33. The second-order valence-electron chi connectivity index (χ2n) is 4.16. The van der Waals surface area contributed by atoms with Gasteiger partial charge < -0.3 is 15.4 Å². The number of likely N-dealkylation sites (N-methyl/N-ethyl adjacent to an activating group) is 1. The minimum absolute atomic E-state index is 0.162. The average Bonchev–Trinajstić information content (AvgIpc) is 2.42. The molecule has 0 saturated heterocycles. The number of carbonyl (C=O) groups excluding carboxylic acids is 2. The van der Waals surface area contributed by atoms with Crippen molar-refractivity contribution in [2.75, 3.05) is 13.7 Å². The van der Waals surface area contributed by atoms with Crippen LogP contribution >= 0.6 is 0 Å². The Labute approximate surface area is 120 Å². The van der Waals surface area contributed by atoms with E-state index in [1.54, 1.807) is 6.92 Å². The molecule has 20 heavy (non-hydrogen) atoms. The molecule has 0 aliphatic carbocycles. The lowest BCUT2D eigenvalue weighted by molar-refractivity contribution is -0.131. The van der Waals surface area contributed by atoms with Crippen LogP contribution in [0.4, 0.5) is 0 Å². The highest BCUT2D eigenvalue weighted by atomic mass is 16.5. The predicted octanol–water partition coefficient (Wildman–Crippen LogP) is 0.449. The fourth-order valence-electron chi connectivity index (χ4n) is 1.35. The lowest BCUT2D eigenvalue weighted by atomic mass is 10.1. The molecule has 0 aromatic rings. The van der Waals surface area contributed by atoms with Gasteiger partial charge in [-0.2, -0.15) is 0 Å². The third-order valence-electron chi connectivity index (χ3n) is 2.39. The fourth-order valence-corrected chi connectivity index (χ4v) is 1.35. The molecule has 0 aliphatic heterocycles. The maximum atomic E-state index is 11.6. The van der Waals surface area contributed by atoms with Gasteiger partial charge in [0, 0.05) is 20.4 Å². The van der Waals surface area contributed by atoms with E-state index < -0.39 is 12.1 Å². The number of rotatable bonds is 6. The summed E-state index contributed by atoms with van der Waals surface area (Å²) in [5.74, 6) is 10.5. The first-order chi connectivity index (χ1) is 9.52. The quantitative estimate of drug-likeness (QED) is 0.693. The van der Waals surface area contributed by atoms with E-state index in [0.717, 1.165) is 12.8 Å². The van der Waals surface area contributed by atoms with Gasteiger partial charge in [0.1, 0.15) is 12.6 Å². The number of ether oxygens (including phenoxy) is 1. The number of hydrogen-bond donors (Lipinski definition) is 2. The van der Waals surface area contributed by atoms with Crippen molar-refractivity contribution >= 4 is 11.8 Å². The number of unbranched alkanes of at least 4 members (excludes halogenated alkanes) is 1. The van der Waals surface area contributed by atoms with Gasteiger partial charge in [-0.3, -0.25) is 9.59 Å². The Hall–Kier alpha value is -1.98. The van der Waals surface area contributed by atoms with Gasteiger partial charge in [-0.15, -0.1) is 0 Å². The highest BCUT2D eigenvalue weighted by Gasteiger charge is 2.25. The van der Waals surface area contributed by atoms with Crippen molar-refractivity contribution in [3.63, 3.8) is 0 Å². The molecule has 0 heterocycles. The molecule has 5 nitrogen and oxygen atoms in total. The van der Waals surface area contributed by atoms with E-state index in [2.05, 4.69) is 34.3 Å². The third kappa shape index (κ3) is 8.18. The zero-order valence-corrected chi connectivity index (χ0v) is 12.5. The van der Waals surface area contributed by atoms with E-state index in [-0.39, 0.29) is 18.4 Å². The fraction of sp³-hybridized carbons (Fsp3) is 0.600. The van der Waals surface area contributed by atoms with Gasteiger partial charge in [0.25, 0.3) is 0 Å². The monoisotopic (exact) mass is 278 g/mol. The number of carbonyl (C=O) groups is 2. The van der Waals surface area contributed by atoms with Crippen molar-refractivity contribution in [3.05, 3.63) is 0 Å². The minimum Gasteiger partial charge on any atom is -0.363 e. The molecule has 0 spiro atoms. The van der Waals surface area contributed by atoms with Crippen LogP contribution in [0.5, 0.6) is 0 Å². The lowest BCUT2D eigenvalue weighted by Crippen LogP contribution is -2.51. The molecule has 0 bridgehead atoms. The zero-order chi connectivity index (χ0) is 15.4. The summed E-state index contributed by atoms with van der Waals surface area (Å²) in [4.78, 5) is 22.7. The van der Waals surface area contributed by atoms with Gasteiger partial charge in [-0.1, -0.05) is 18.8 Å². The van der Waals surface area contributed by atoms with Crippen molar-refractivity contribution in [2.24, 2.45) is 0 Å². The minimum atomic E-state index is -0.731. The summed E-state index contributed by atoms with van der Waals surface area (Å²) in [7, 11) is 1.51. The molecule has 2 N–H and O–H groups in total. The molecule has 5 heteroatoms. The van der Waals surface area contributed by atoms with Gasteiger partial charge in [-0.05, 0) is 25.2 Å². The average molecular weight is 278 g/mol. The normalized spacial score (nSPS) is 12.0. The SMILES string of the molecule is CCCC#CC#CCO[C@H](C)[C@H](NC(C)=O)C(=O)NC. The molecule has 2 atom stereocenters. The van der Waals surface area contributed by atoms with E-state index in [9.17, 15) is 9.59 Å². The van der Waals surface area contributed by atoms with Crippen LogP contribution in [-0.4, -0.2) is 37.6 Å². The summed E-state index contributed by atoms with van der Waals surface area (Å²) in [5.41, 5.74) is 0. The largest absolute Gasteiger partial charge is 0.363 e. The van der Waals surface area contributed by atoms with Crippen molar-refractivity contribution in [2.45, 2.75) is 45.8 Å². The van der Waals surface area contributed by atoms with Crippen LogP contribution in [0.1, 0.15) is 33.6 Å². The molecule has 0 aromatic heterocycles. The first-order valence-corrected chi connectivity index (χ1v) is 6.58. The molecule has 0 aromatic carbocycles. The lowest BCUT2D eigenvalue weighted by Gasteiger charge is -2.22.